The first-order chi connectivity index (χ1) is 11.9. The average molecular weight is 368 g/mol. The van der Waals surface area contributed by atoms with Gasteiger partial charge in [-0.05, 0) is 43.2 Å². The molecule has 3 rings (SSSR count). The smallest absolute Gasteiger partial charge is 0.317 e. The zero-order valence-corrected chi connectivity index (χ0v) is 14.6. The van der Waals surface area contributed by atoms with E-state index in [4.69, 9.17) is 16.7 Å². The minimum absolute atomic E-state index is 0.0791. The van der Waals surface area contributed by atoms with E-state index in [1.807, 2.05) is 0 Å². The number of halogens is 1. The monoisotopic (exact) mass is 367 g/mol. The van der Waals surface area contributed by atoms with Gasteiger partial charge in [-0.25, -0.2) is 0 Å². The molecule has 2 aliphatic rings. The zero-order valence-electron chi connectivity index (χ0n) is 13.9. The van der Waals surface area contributed by atoms with Gasteiger partial charge < -0.3 is 10.4 Å². The van der Waals surface area contributed by atoms with E-state index in [0.717, 1.165) is 24.9 Å². The lowest BCUT2D eigenvalue weighted by molar-refractivity contribution is -0.384. The number of carboxylic acid groups (broad SMARTS) is 1. The number of aliphatic carboxylic acids is 1. The summed E-state index contributed by atoms with van der Waals surface area (Å²) < 4.78 is 0. The molecule has 0 aromatic heterocycles. The Morgan fingerprint density at radius 2 is 2.12 bits per heavy atom. The summed E-state index contributed by atoms with van der Waals surface area (Å²) in [6.07, 6.45) is 4.24. The van der Waals surface area contributed by atoms with Crippen LogP contribution < -0.4 is 5.32 Å². The van der Waals surface area contributed by atoms with Crippen LogP contribution >= 0.6 is 11.6 Å². The molecule has 0 saturated heterocycles. The van der Waals surface area contributed by atoms with Gasteiger partial charge in [0.05, 0.1) is 11.5 Å². The molecule has 7 nitrogen and oxygen atoms in total. The van der Waals surface area contributed by atoms with Crippen molar-refractivity contribution in [3.8, 4) is 0 Å². The predicted octanol–water partition coefficient (Wildman–Crippen LogP) is 2.67. The second-order valence-electron chi connectivity index (χ2n) is 7.01. The molecule has 0 aliphatic heterocycles. The van der Waals surface area contributed by atoms with Gasteiger partial charge in [-0.1, -0.05) is 17.7 Å². The van der Waals surface area contributed by atoms with Crippen LogP contribution in [0, 0.1) is 16.0 Å². The number of benzene rings is 1. The van der Waals surface area contributed by atoms with Gasteiger partial charge in [-0.2, -0.15) is 0 Å². The molecule has 0 spiro atoms. The van der Waals surface area contributed by atoms with Gasteiger partial charge in [0.2, 0.25) is 0 Å². The van der Waals surface area contributed by atoms with Crippen molar-refractivity contribution in [3.05, 3.63) is 38.9 Å². The second kappa shape index (κ2) is 7.68. The van der Waals surface area contributed by atoms with Gasteiger partial charge in [-0.15, -0.1) is 0 Å². The Labute approximate surface area is 151 Å². The Morgan fingerprint density at radius 1 is 1.40 bits per heavy atom. The van der Waals surface area contributed by atoms with Gasteiger partial charge in [0.15, 0.2) is 0 Å². The van der Waals surface area contributed by atoms with Gasteiger partial charge in [0.1, 0.15) is 5.02 Å². The molecule has 1 aromatic carbocycles. The van der Waals surface area contributed by atoms with Crippen molar-refractivity contribution in [1.29, 1.82) is 0 Å². The highest BCUT2D eigenvalue weighted by Crippen LogP contribution is 2.34. The van der Waals surface area contributed by atoms with E-state index in [-0.39, 0.29) is 17.3 Å². The molecular weight excluding hydrogens is 346 g/mol. The second-order valence-corrected chi connectivity index (χ2v) is 7.42. The molecule has 0 heterocycles. The lowest BCUT2D eigenvalue weighted by Crippen LogP contribution is -2.54. The third-order valence-electron chi connectivity index (χ3n) is 4.96. The Hall–Kier alpha value is -1.70. The quantitative estimate of drug-likeness (QED) is 0.514. The highest BCUT2D eigenvalue weighted by atomic mass is 35.5. The molecule has 0 atom stereocenters. The number of carboxylic acids is 1. The summed E-state index contributed by atoms with van der Waals surface area (Å²) in [5, 5.41) is 23.5. The standard InChI is InChI=1S/C17H22ClN3O4/c18-15-4-3-12(5-16(15)21(24)25)8-19-13-6-14(7-13)20(10-17(22)23)9-11-1-2-11/h3-5,11,13-14,19H,1-2,6-10H2,(H,22,23). The largest absolute Gasteiger partial charge is 0.480 e. The van der Waals surface area contributed by atoms with Crippen LogP contribution in [-0.2, 0) is 11.3 Å². The molecule has 0 amide bonds. The van der Waals surface area contributed by atoms with Crippen LogP contribution in [-0.4, -0.2) is 46.1 Å². The summed E-state index contributed by atoms with van der Waals surface area (Å²) in [6, 6.07) is 5.45. The van der Waals surface area contributed by atoms with Crippen LogP contribution in [0.25, 0.3) is 0 Å². The van der Waals surface area contributed by atoms with Crippen molar-refractivity contribution in [2.45, 2.75) is 44.3 Å². The van der Waals surface area contributed by atoms with Crippen LogP contribution in [0.2, 0.25) is 5.02 Å². The number of nitro benzene ring substituents is 1. The molecule has 0 unspecified atom stereocenters. The van der Waals surface area contributed by atoms with Crippen molar-refractivity contribution in [3.63, 3.8) is 0 Å². The summed E-state index contributed by atoms with van der Waals surface area (Å²) in [7, 11) is 0. The summed E-state index contributed by atoms with van der Waals surface area (Å²) in [5.41, 5.74) is 0.740. The highest BCUT2D eigenvalue weighted by Gasteiger charge is 2.36. The number of nitro groups is 1. The van der Waals surface area contributed by atoms with Crippen LogP contribution in [0.3, 0.4) is 0 Å². The third kappa shape index (κ3) is 4.90. The van der Waals surface area contributed by atoms with E-state index in [0.29, 0.717) is 24.5 Å². The summed E-state index contributed by atoms with van der Waals surface area (Å²) in [4.78, 5) is 23.6. The predicted molar refractivity (Wildman–Crippen MR) is 93.7 cm³/mol. The topological polar surface area (TPSA) is 95.7 Å². The Kier molecular flexibility index (Phi) is 5.56. The fourth-order valence-corrected chi connectivity index (χ4v) is 3.46. The first kappa shape index (κ1) is 18.1. The van der Waals surface area contributed by atoms with E-state index in [1.165, 1.54) is 18.9 Å². The van der Waals surface area contributed by atoms with E-state index in [9.17, 15) is 14.9 Å². The van der Waals surface area contributed by atoms with Gasteiger partial charge in [0.25, 0.3) is 5.69 Å². The average Bonchev–Trinajstić information content (AvgIpc) is 3.30. The Balaban J connectivity index is 1.47. The normalized spacial score (nSPS) is 22.6. The van der Waals surface area contributed by atoms with E-state index in [1.54, 1.807) is 12.1 Å². The SMILES string of the molecule is O=C(O)CN(CC1CC1)C1CC(NCc2ccc(Cl)c([N+](=O)[O-])c2)C1. The fourth-order valence-electron chi connectivity index (χ4n) is 3.27. The third-order valence-corrected chi connectivity index (χ3v) is 5.28. The maximum atomic E-state index is 11.0. The first-order valence-electron chi connectivity index (χ1n) is 8.54. The van der Waals surface area contributed by atoms with Crippen molar-refractivity contribution in [2.75, 3.05) is 13.1 Å². The number of carbonyl (C=O) groups is 1. The number of hydrogen-bond donors (Lipinski definition) is 2. The number of nitrogens with zero attached hydrogens (tertiary/aromatic N) is 2. The molecule has 2 N–H and O–H groups in total. The molecule has 2 fully saturated rings. The molecule has 25 heavy (non-hydrogen) atoms. The molecule has 2 saturated carbocycles. The van der Waals surface area contributed by atoms with Gasteiger partial charge in [-0.3, -0.25) is 19.8 Å². The minimum atomic E-state index is -0.773. The Bertz CT molecular complexity index is 659. The maximum absolute atomic E-state index is 11.0. The van der Waals surface area contributed by atoms with Gasteiger partial charge in [0, 0.05) is 31.2 Å². The van der Waals surface area contributed by atoms with Crippen molar-refractivity contribution < 1.29 is 14.8 Å². The van der Waals surface area contributed by atoms with Crippen LogP contribution in [0.15, 0.2) is 18.2 Å². The molecule has 2 aliphatic carbocycles. The molecule has 136 valence electrons. The number of hydrogen-bond acceptors (Lipinski definition) is 5. The van der Waals surface area contributed by atoms with Crippen LogP contribution in [0.5, 0.6) is 0 Å². The van der Waals surface area contributed by atoms with Crippen molar-refractivity contribution >= 4 is 23.3 Å². The van der Waals surface area contributed by atoms with E-state index >= 15 is 0 Å². The van der Waals surface area contributed by atoms with Gasteiger partial charge >= 0.3 is 5.97 Å². The molecule has 8 heteroatoms. The molecule has 1 aromatic rings. The summed E-state index contributed by atoms with van der Waals surface area (Å²) in [5.74, 6) is -0.105. The molecule has 0 bridgehead atoms. The lowest BCUT2D eigenvalue weighted by Gasteiger charge is -2.43. The molecule has 0 radical (unpaired) electrons. The minimum Gasteiger partial charge on any atom is -0.480 e. The maximum Gasteiger partial charge on any atom is 0.317 e. The van der Waals surface area contributed by atoms with Crippen molar-refractivity contribution in [2.24, 2.45) is 5.92 Å². The molecular formula is C17H22ClN3O4. The van der Waals surface area contributed by atoms with E-state index < -0.39 is 10.9 Å². The van der Waals surface area contributed by atoms with Crippen LogP contribution in [0.4, 0.5) is 5.69 Å². The summed E-state index contributed by atoms with van der Waals surface area (Å²) >= 11 is 5.82. The summed E-state index contributed by atoms with van der Waals surface area (Å²) in [6.45, 7) is 1.53. The Morgan fingerprint density at radius 3 is 2.72 bits per heavy atom. The lowest BCUT2D eigenvalue weighted by atomic mass is 9.85. The number of nitrogens with one attached hydrogen (secondary N) is 1. The highest BCUT2D eigenvalue weighted by molar-refractivity contribution is 6.32. The van der Waals surface area contributed by atoms with Crippen molar-refractivity contribution in [1.82, 2.24) is 10.2 Å². The van der Waals surface area contributed by atoms with Crippen LogP contribution in [0.1, 0.15) is 31.2 Å². The zero-order chi connectivity index (χ0) is 18.0. The number of rotatable bonds is 9. The first-order valence-corrected chi connectivity index (χ1v) is 8.92. The fraction of sp³-hybridized carbons (Fsp3) is 0.588. The van der Waals surface area contributed by atoms with E-state index in [2.05, 4.69) is 10.2 Å².